The Bertz CT molecular complexity index is 618. The van der Waals surface area contributed by atoms with Gasteiger partial charge in [0, 0.05) is 18.7 Å². The number of halogens is 1. The highest BCUT2D eigenvalue weighted by atomic mass is 19.1. The average molecular weight is 345 g/mol. The van der Waals surface area contributed by atoms with E-state index in [1.807, 2.05) is 36.4 Å². The molecule has 0 aliphatic heterocycles. The molecule has 0 spiro atoms. The summed E-state index contributed by atoms with van der Waals surface area (Å²) in [5, 5.41) is 10.3. The van der Waals surface area contributed by atoms with Crippen LogP contribution >= 0.6 is 0 Å². The third-order valence-corrected chi connectivity index (χ3v) is 4.03. The molecule has 1 N–H and O–H groups in total. The van der Waals surface area contributed by atoms with Gasteiger partial charge in [-0.05, 0) is 37.1 Å². The van der Waals surface area contributed by atoms with E-state index in [0.29, 0.717) is 24.6 Å². The van der Waals surface area contributed by atoms with Crippen molar-refractivity contribution in [3.05, 3.63) is 66.0 Å². The predicted octanol–water partition coefficient (Wildman–Crippen LogP) is 4.11. The molecule has 0 fully saturated rings. The molecule has 1 atom stereocenters. The molecular formula is C21H28FNO2. The first-order chi connectivity index (χ1) is 12.0. The maximum atomic E-state index is 13.9. The fraction of sp³-hybridized carbons (Fsp3) is 0.429. The second kappa shape index (κ2) is 10.2. The summed E-state index contributed by atoms with van der Waals surface area (Å²) in [5.41, 5.74) is 0.655. The number of aliphatic hydroxyl groups is 1. The van der Waals surface area contributed by atoms with Gasteiger partial charge in [-0.15, -0.1) is 0 Å². The Morgan fingerprint density at radius 2 is 1.72 bits per heavy atom. The van der Waals surface area contributed by atoms with E-state index in [2.05, 4.69) is 18.7 Å². The van der Waals surface area contributed by atoms with Gasteiger partial charge in [0.05, 0.1) is 0 Å². The molecule has 0 aliphatic carbocycles. The summed E-state index contributed by atoms with van der Waals surface area (Å²) in [6, 6.07) is 16.3. The first-order valence-corrected chi connectivity index (χ1v) is 8.86. The molecule has 25 heavy (non-hydrogen) atoms. The van der Waals surface area contributed by atoms with Gasteiger partial charge in [0.1, 0.15) is 24.3 Å². The second-order valence-corrected chi connectivity index (χ2v) is 6.79. The van der Waals surface area contributed by atoms with Crippen molar-refractivity contribution in [2.75, 3.05) is 19.7 Å². The highest BCUT2D eigenvalue weighted by Gasteiger charge is 2.15. The van der Waals surface area contributed by atoms with Crippen LogP contribution in [0.25, 0.3) is 0 Å². The first kappa shape index (κ1) is 19.4. The van der Waals surface area contributed by atoms with Crippen molar-refractivity contribution in [2.24, 2.45) is 5.92 Å². The monoisotopic (exact) mass is 345 g/mol. The van der Waals surface area contributed by atoms with Crippen molar-refractivity contribution in [1.29, 1.82) is 0 Å². The lowest BCUT2D eigenvalue weighted by Gasteiger charge is -2.26. The van der Waals surface area contributed by atoms with Crippen molar-refractivity contribution in [1.82, 2.24) is 4.90 Å². The van der Waals surface area contributed by atoms with E-state index in [1.54, 1.807) is 12.1 Å². The maximum Gasteiger partial charge on any atom is 0.127 e. The number of nitrogens with zero attached hydrogens (tertiary/aromatic N) is 1. The summed E-state index contributed by atoms with van der Waals surface area (Å²) in [4.78, 5) is 2.09. The Hall–Kier alpha value is -1.91. The molecule has 0 saturated carbocycles. The topological polar surface area (TPSA) is 32.7 Å². The van der Waals surface area contributed by atoms with Crippen LogP contribution in [0.4, 0.5) is 4.39 Å². The molecule has 4 heteroatoms. The lowest BCUT2D eigenvalue weighted by molar-refractivity contribution is 0.0635. The molecule has 0 amide bonds. The lowest BCUT2D eigenvalue weighted by Crippen LogP contribution is -2.36. The number of hydrogen-bond donors (Lipinski definition) is 1. The normalized spacial score (nSPS) is 12.6. The molecule has 2 aromatic carbocycles. The van der Waals surface area contributed by atoms with Crippen molar-refractivity contribution in [3.8, 4) is 5.75 Å². The van der Waals surface area contributed by atoms with Crippen LogP contribution < -0.4 is 4.74 Å². The highest BCUT2D eigenvalue weighted by Crippen LogP contribution is 2.13. The van der Waals surface area contributed by atoms with Crippen LogP contribution in [0.5, 0.6) is 5.75 Å². The van der Waals surface area contributed by atoms with Gasteiger partial charge < -0.3 is 9.84 Å². The minimum Gasteiger partial charge on any atom is -0.491 e. The van der Waals surface area contributed by atoms with Gasteiger partial charge in [0.25, 0.3) is 0 Å². The summed E-state index contributed by atoms with van der Waals surface area (Å²) in [5.74, 6) is 1.09. The molecule has 2 aromatic rings. The third-order valence-electron chi connectivity index (χ3n) is 4.03. The number of aliphatic hydroxyl groups excluding tert-OH is 1. The Balaban J connectivity index is 1.91. The van der Waals surface area contributed by atoms with Crippen LogP contribution in [0.15, 0.2) is 54.6 Å². The Morgan fingerprint density at radius 1 is 1.04 bits per heavy atom. The van der Waals surface area contributed by atoms with Crippen LogP contribution in [0.1, 0.15) is 25.8 Å². The summed E-state index contributed by atoms with van der Waals surface area (Å²) < 4.78 is 19.6. The molecule has 2 rings (SSSR count). The van der Waals surface area contributed by atoms with E-state index in [-0.39, 0.29) is 12.4 Å². The molecule has 0 aromatic heterocycles. The van der Waals surface area contributed by atoms with Gasteiger partial charge >= 0.3 is 0 Å². The van der Waals surface area contributed by atoms with E-state index >= 15 is 0 Å². The summed E-state index contributed by atoms with van der Waals surface area (Å²) in [6.07, 6.45) is 0.375. The SMILES string of the molecule is CC(C)CCN(Cc1ccccc1F)C[C@@H](O)COc1ccccc1. The Labute approximate surface area is 150 Å². The van der Waals surface area contributed by atoms with Crippen molar-refractivity contribution in [3.63, 3.8) is 0 Å². The smallest absolute Gasteiger partial charge is 0.127 e. The van der Waals surface area contributed by atoms with Crippen LogP contribution in [-0.2, 0) is 6.54 Å². The molecular weight excluding hydrogens is 317 g/mol. The standard InChI is InChI=1S/C21H28FNO2/c1-17(2)12-13-23(14-18-8-6-7-11-21(18)22)15-19(24)16-25-20-9-4-3-5-10-20/h3-11,17,19,24H,12-16H2,1-2H3/t19-/m1/s1. The quantitative estimate of drug-likeness (QED) is 0.703. The van der Waals surface area contributed by atoms with Crippen molar-refractivity contribution >= 4 is 0 Å². The van der Waals surface area contributed by atoms with Crippen LogP contribution in [0.2, 0.25) is 0 Å². The fourth-order valence-corrected chi connectivity index (χ4v) is 2.60. The summed E-state index contributed by atoms with van der Waals surface area (Å²) in [7, 11) is 0. The van der Waals surface area contributed by atoms with E-state index in [0.717, 1.165) is 18.7 Å². The zero-order valence-corrected chi connectivity index (χ0v) is 15.1. The zero-order valence-electron chi connectivity index (χ0n) is 15.1. The fourth-order valence-electron chi connectivity index (χ4n) is 2.60. The molecule has 0 heterocycles. The number of hydrogen-bond acceptors (Lipinski definition) is 3. The molecule has 0 radical (unpaired) electrons. The van der Waals surface area contributed by atoms with Gasteiger partial charge in [0.15, 0.2) is 0 Å². The summed E-state index contributed by atoms with van der Waals surface area (Å²) in [6.45, 7) is 6.30. The minimum atomic E-state index is -0.626. The van der Waals surface area contributed by atoms with Crippen molar-refractivity contribution in [2.45, 2.75) is 32.9 Å². The largest absolute Gasteiger partial charge is 0.491 e. The van der Waals surface area contributed by atoms with Gasteiger partial charge in [-0.2, -0.15) is 0 Å². The van der Waals surface area contributed by atoms with E-state index in [4.69, 9.17) is 4.74 Å². The van der Waals surface area contributed by atoms with E-state index < -0.39 is 6.10 Å². The lowest BCUT2D eigenvalue weighted by atomic mass is 10.1. The first-order valence-electron chi connectivity index (χ1n) is 8.86. The molecule has 0 unspecified atom stereocenters. The third kappa shape index (κ3) is 7.24. The van der Waals surface area contributed by atoms with Gasteiger partial charge in [-0.25, -0.2) is 4.39 Å². The number of para-hydroxylation sites is 1. The van der Waals surface area contributed by atoms with Gasteiger partial charge in [-0.1, -0.05) is 50.2 Å². The van der Waals surface area contributed by atoms with Crippen LogP contribution in [-0.4, -0.2) is 35.8 Å². The van der Waals surface area contributed by atoms with E-state index in [9.17, 15) is 9.50 Å². The molecule has 0 aliphatic rings. The predicted molar refractivity (Wildman–Crippen MR) is 99.1 cm³/mol. The minimum absolute atomic E-state index is 0.202. The van der Waals surface area contributed by atoms with E-state index in [1.165, 1.54) is 6.07 Å². The van der Waals surface area contributed by atoms with Crippen LogP contribution in [0, 0.1) is 11.7 Å². The van der Waals surface area contributed by atoms with Gasteiger partial charge in [-0.3, -0.25) is 4.90 Å². The maximum absolute atomic E-state index is 13.9. The molecule has 3 nitrogen and oxygen atoms in total. The van der Waals surface area contributed by atoms with Crippen molar-refractivity contribution < 1.29 is 14.2 Å². The zero-order chi connectivity index (χ0) is 18.1. The summed E-state index contributed by atoms with van der Waals surface area (Å²) >= 11 is 0. The number of benzene rings is 2. The number of rotatable bonds is 10. The number of ether oxygens (including phenoxy) is 1. The Kier molecular flexibility index (Phi) is 7.89. The second-order valence-electron chi connectivity index (χ2n) is 6.79. The van der Waals surface area contributed by atoms with Crippen LogP contribution in [0.3, 0.4) is 0 Å². The molecule has 0 saturated heterocycles. The highest BCUT2D eigenvalue weighted by molar-refractivity contribution is 5.21. The Morgan fingerprint density at radius 3 is 2.40 bits per heavy atom. The molecule has 136 valence electrons. The van der Waals surface area contributed by atoms with Gasteiger partial charge in [0.2, 0.25) is 0 Å². The molecule has 0 bridgehead atoms. The average Bonchev–Trinajstić information content (AvgIpc) is 2.60.